The maximum atomic E-state index is 10.1. The summed E-state index contributed by atoms with van der Waals surface area (Å²) in [5.74, 6) is 1.17. The first-order valence-corrected chi connectivity index (χ1v) is 6.25. The Balaban J connectivity index is 2.00. The second-order valence-electron chi connectivity index (χ2n) is 3.93. The summed E-state index contributed by atoms with van der Waals surface area (Å²) in [5.41, 5.74) is 0.682. The van der Waals surface area contributed by atoms with E-state index in [-0.39, 0.29) is 6.54 Å². The zero-order valence-corrected chi connectivity index (χ0v) is 11.2. The van der Waals surface area contributed by atoms with Crippen LogP contribution in [0, 0.1) is 0 Å². The quantitative estimate of drug-likeness (QED) is 0.783. The number of nitrogens with one attached hydrogen (secondary N) is 2. The normalized spacial score (nSPS) is 11.9. The average molecular weight is 279 g/mol. The van der Waals surface area contributed by atoms with E-state index in [1.165, 1.54) is 0 Å². The lowest BCUT2D eigenvalue weighted by atomic mass is 10.1. The van der Waals surface area contributed by atoms with Crippen molar-refractivity contribution in [3.63, 3.8) is 0 Å². The van der Waals surface area contributed by atoms with E-state index in [4.69, 9.17) is 11.6 Å². The van der Waals surface area contributed by atoms with Crippen LogP contribution in [-0.4, -0.2) is 28.7 Å². The minimum absolute atomic E-state index is 0.289. The third kappa shape index (κ3) is 3.56. The van der Waals surface area contributed by atoms with Gasteiger partial charge in [-0.3, -0.25) is 0 Å². The number of rotatable bonds is 5. The first-order chi connectivity index (χ1) is 9.20. The fraction of sp³-hybridized carbons (Fsp3) is 0.231. The largest absolute Gasteiger partial charge is 0.387 e. The topological polar surface area (TPSA) is 70.1 Å². The second-order valence-corrected chi connectivity index (χ2v) is 4.34. The summed E-state index contributed by atoms with van der Waals surface area (Å²) in [7, 11) is 1.78. The molecule has 0 aliphatic rings. The maximum Gasteiger partial charge on any atom is 0.224 e. The van der Waals surface area contributed by atoms with E-state index in [0.717, 1.165) is 0 Å². The number of halogens is 1. The minimum atomic E-state index is -0.712. The van der Waals surface area contributed by atoms with Gasteiger partial charge in [0, 0.05) is 30.4 Å². The van der Waals surface area contributed by atoms with Gasteiger partial charge in [-0.15, -0.1) is 0 Å². The number of hydrogen-bond acceptors (Lipinski definition) is 5. The summed E-state index contributed by atoms with van der Waals surface area (Å²) in [6.45, 7) is 0.289. The van der Waals surface area contributed by atoms with E-state index in [9.17, 15) is 5.11 Å². The van der Waals surface area contributed by atoms with E-state index in [2.05, 4.69) is 20.6 Å². The average Bonchev–Trinajstić information content (AvgIpc) is 2.45. The van der Waals surface area contributed by atoms with E-state index in [0.29, 0.717) is 22.4 Å². The van der Waals surface area contributed by atoms with Crippen molar-refractivity contribution in [2.45, 2.75) is 6.10 Å². The Morgan fingerprint density at radius 2 is 2.11 bits per heavy atom. The zero-order valence-electron chi connectivity index (χ0n) is 10.5. The van der Waals surface area contributed by atoms with Crippen LogP contribution in [0.3, 0.4) is 0 Å². The lowest BCUT2D eigenvalue weighted by Gasteiger charge is -2.13. The molecule has 1 aromatic carbocycles. The molecule has 0 unspecified atom stereocenters. The molecule has 0 spiro atoms. The van der Waals surface area contributed by atoms with E-state index in [1.807, 2.05) is 12.1 Å². The number of aliphatic hydroxyl groups is 1. The summed E-state index contributed by atoms with van der Waals surface area (Å²) in [4.78, 5) is 8.27. The first-order valence-electron chi connectivity index (χ1n) is 5.88. The first kappa shape index (κ1) is 13.6. The van der Waals surface area contributed by atoms with E-state index in [1.54, 1.807) is 31.4 Å². The van der Waals surface area contributed by atoms with Crippen molar-refractivity contribution in [3.8, 4) is 0 Å². The molecule has 0 saturated heterocycles. The van der Waals surface area contributed by atoms with Crippen molar-refractivity contribution in [2.24, 2.45) is 0 Å². The molecule has 19 heavy (non-hydrogen) atoms. The number of aliphatic hydroxyl groups excluding tert-OH is 1. The van der Waals surface area contributed by atoms with Gasteiger partial charge in [-0.1, -0.05) is 29.8 Å². The molecule has 0 aliphatic heterocycles. The molecule has 0 saturated carbocycles. The molecule has 0 radical (unpaired) electrons. The van der Waals surface area contributed by atoms with Gasteiger partial charge in [-0.05, 0) is 12.1 Å². The fourth-order valence-corrected chi connectivity index (χ4v) is 1.89. The third-order valence-electron chi connectivity index (χ3n) is 2.63. The fourth-order valence-electron chi connectivity index (χ4n) is 1.63. The van der Waals surface area contributed by atoms with Crippen LogP contribution < -0.4 is 10.6 Å². The highest BCUT2D eigenvalue weighted by Crippen LogP contribution is 2.22. The molecule has 0 bridgehead atoms. The molecule has 2 aromatic rings. The van der Waals surface area contributed by atoms with Crippen LogP contribution in [-0.2, 0) is 0 Å². The van der Waals surface area contributed by atoms with Gasteiger partial charge in [-0.25, -0.2) is 4.98 Å². The van der Waals surface area contributed by atoms with Crippen molar-refractivity contribution in [3.05, 3.63) is 47.1 Å². The van der Waals surface area contributed by atoms with Crippen LogP contribution in [0.15, 0.2) is 36.5 Å². The predicted octanol–water partition coefficient (Wildman–Crippen LogP) is 2.32. The molecule has 1 heterocycles. The number of anilines is 2. The van der Waals surface area contributed by atoms with E-state index < -0.39 is 6.10 Å². The summed E-state index contributed by atoms with van der Waals surface area (Å²) < 4.78 is 0. The summed E-state index contributed by atoms with van der Waals surface area (Å²) in [6.07, 6.45) is 0.929. The molecule has 1 atom stereocenters. The van der Waals surface area contributed by atoms with Crippen molar-refractivity contribution in [1.82, 2.24) is 9.97 Å². The van der Waals surface area contributed by atoms with E-state index >= 15 is 0 Å². The molecule has 2 rings (SSSR count). The van der Waals surface area contributed by atoms with Crippen molar-refractivity contribution in [2.75, 3.05) is 24.2 Å². The second kappa shape index (κ2) is 6.36. The highest BCUT2D eigenvalue weighted by Gasteiger charge is 2.11. The molecule has 3 N–H and O–H groups in total. The maximum absolute atomic E-state index is 10.1. The van der Waals surface area contributed by atoms with Gasteiger partial charge in [0.25, 0.3) is 0 Å². The molecule has 0 aliphatic carbocycles. The minimum Gasteiger partial charge on any atom is -0.387 e. The van der Waals surface area contributed by atoms with Gasteiger partial charge in [0.2, 0.25) is 5.95 Å². The Labute approximate surface area is 116 Å². The predicted molar refractivity (Wildman–Crippen MR) is 76.5 cm³/mol. The van der Waals surface area contributed by atoms with Gasteiger partial charge in [0.15, 0.2) is 0 Å². The highest BCUT2D eigenvalue weighted by molar-refractivity contribution is 6.31. The standard InChI is InChI=1S/C13H15ClN4O/c1-15-12-6-7-16-13(18-12)17-8-11(19)9-4-2-3-5-10(9)14/h2-7,11,19H,8H2,1H3,(H2,15,16,17,18)/t11-/m0/s1. The van der Waals surface area contributed by atoms with Crippen molar-refractivity contribution < 1.29 is 5.11 Å². The number of hydrogen-bond donors (Lipinski definition) is 3. The van der Waals surface area contributed by atoms with Crippen molar-refractivity contribution in [1.29, 1.82) is 0 Å². The highest BCUT2D eigenvalue weighted by atomic mass is 35.5. The summed E-state index contributed by atoms with van der Waals surface area (Å²) >= 11 is 6.02. The molecule has 0 amide bonds. The lowest BCUT2D eigenvalue weighted by molar-refractivity contribution is 0.191. The molecular formula is C13H15ClN4O. The smallest absolute Gasteiger partial charge is 0.224 e. The van der Waals surface area contributed by atoms with Gasteiger partial charge in [0.05, 0.1) is 6.10 Å². The third-order valence-corrected chi connectivity index (χ3v) is 2.97. The van der Waals surface area contributed by atoms with Crippen LogP contribution in [0.4, 0.5) is 11.8 Å². The Hall–Kier alpha value is -1.85. The summed E-state index contributed by atoms with van der Waals surface area (Å²) in [5, 5.41) is 16.5. The number of aromatic nitrogens is 2. The molecule has 5 nitrogen and oxygen atoms in total. The Bertz CT molecular complexity index is 550. The van der Waals surface area contributed by atoms with Gasteiger partial charge in [0.1, 0.15) is 5.82 Å². The zero-order chi connectivity index (χ0) is 13.7. The lowest BCUT2D eigenvalue weighted by Crippen LogP contribution is -2.14. The molecular weight excluding hydrogens is 264 g/mol. The van der Waals surface area contributed by atoms with Crippen LogP contribution in [0.1, 0.15) is 11.7 Å². The molecule has 0 fully saturated rings. The number of benzene rings is 1. The Morgan fingerprint density at radius 1 is 1.32 bits per heavy atom. The Morgan fingerprint density at radius 3 is 2.84 bits per heavy atom. The van der Waals surface area contributed by atoms with Crippen LogP contribution in [0.5, 0.6) is 0 Å². The van der Waals surface area contributed by atoms with Gasteiger partial charge < -0.3 is 15.7 Å². The SMILES string of the molecule is CNc1ccnc(NC[C@H](O)c2ccccc2Cl)n1. The monoisotopic (exact) mass is 278 g/mol. The molecule has 100 valence electrons. The molecule has 6 heteroatoms. The van der Waals surface area contributed by atoms with Gasteiger partial charge in [-0.2, -0.15) is 4.98 Å². The van der Waals surface area contributed by atoms with Crippen molar-refractivity contribution >= 4 is 23.4 Å². The number of nitrogens with zero attached hydrogens (tertiary/aromatic N) is 2. The Kier molecular flexibility index (Phi) is 4.54. The van der Waals surface area contributed by atoms with Crippen LogP contribution in [0.2, 0.25) is 5.02 Å². The summed E-state index contributed by atoms with van der Waals surface area (Å²) in [6, 6.07) is 8.96. The van der Waals surface area contributed by atoms with Crippen LogP contribution >= 0.6 is 11.6 Å². The van der Waals surface area contributed by atoms with Crippen LogP contribution in [0.25, 0.3) is 0 Å². The molecule has 1 aromatic heterocycles. The van der Waals surface area contributed by atoms with Gasteiger partial charge >= 0.3 is 0 Å².